The number of ketones is 1. The normalized spacial score (nSPS) is 17.2. The molecule has 1 amide bonds. The van der Waals surface area contributed by atoms with E-state index in [0.29, 0.717) is 22.6 Å². The van der Waals surface area contributed by atoms with Gasteiger partial charge in [-0.2, -0.15) is 0 Å². The summed E-state index contributed by atoms with van der Waals surface area (Å²) < 4.78 is 6.20. The molecule has 1 fully saturated rings. The lowest BCUT2D eigenvalue weighted by atomic mass is 9.95. The third-order valence-corrected chi connectivity index (χ3v) is 7.22. The number of aliphatic hydroxyl groups is 1. The second-order valence-corrected chi connectivity index (χ2v) is 9.88. The van der Waals surface area contributed by atoms with Crippen molar-refractivity contribution in [3.63, 3.8) is 0 Å². The highest BCUT2D eigenvalue weighted by Crippen LogP contribution is 2.40. The van der Waals surface area contributed by atoms with Crippen molar-refractivity contribution < 1.29 is 19.4 Å². The van der Waals surface area contributed by atoms with Gasteiger partial charge in [0.2, 0.25) is 0 Å². The Labute approximate surface area is 221 Å². The van der Waals surface area contributed by atoms with E-state index in [-0.39, 0.29) is 17.9 Å². The van der Waals surface area contributed by atoms with E-state index in [9.17, 15) is 14.7 Å². The quantitative estimate of drug-likeness (QED) is 0.164. The molecule has 3 aromatic carbocycles. The number of H-pyrrole nitrogens is 1. The molecule has 0 bridgehead atoms. The predicted molar refractivity (Wildman–Crippen MR) is 143 cm³/mol. The SMILES string of the molecule is COc1ccc2[nH]cc(CCN3C(=O)C(=O)/C(=C(\O)c4ccc(Br)cc4)C3c3ccc(Cl)cc3)c2c1. The van der Waals surface area contributed by atoms with Gasteiger partial charge in [0, 0.05) is 38.7 Å². The number of halogens is 2. The van der Waals surface area contributed by atoms with Crippen LogP contribution in [0.15, 0.2) is 83.0 Å². The van der Waals surface area contributed by atoms with Crippen LogP contribution >= 0.6 is 27.5 Å². The van der Waals surface area contributed by atoms with Crippen LogP contribution in [0.5, 0.6) is 5.75 Å². The molecule has 1 aromatic heterocycles. The summed E-state index contributed by atoms with van der Waals surface area (Å²) in [6.07, 6.45) is 2.41. The Kier molecular flexibility index (Phi) is 6.60. The van der Waals surface area contributed by atoms with Crippen LogP contribution in [0.2, 0.25) is 5.02 Å². The summed E-state index contributed by atoms with van der Waals surface area (Å²) in [7, 11) is 1.62. The Bertz CT molecular complexity index is 1490. The number of methoxy groups -OCH3 is 1. The summed E-state index contributed by atoms with van der Waals surface area (Å²) in [6.45, 7) is 0.277. The summed E-state index contributed by atoms with van der Waals surface area (Å²) in [5.41, 5.74) is 3.16. The smallest absolute Gasteiger partial charge is 0.295 e. The van der Waals surface area contributed by atoms with E-state index in [1.54, 1.807) is 55.6 Å². The third-order valence-electron chi connectivity index (χ3n) is 6.44. The Morgan fingerprint density at radius 3 is 2.50 bits per heavy atom. The maximum atomic E-state index is 13.2. The highest BCUT2D eigenvalue weighted by atomic mass is 79.9. The number of hydrogen-bond acceptors (Lipinski definition) is 4. The van der Waals surface area contributed by atoms with Crippen LogP contribution in [0, 0.1) is 0 Å². The number of nitrogens with one attached hydrogen (secondary N) is 1. The van der Waals surface area contributed by atoms with Crippen molar-refractivity contribution in [3.8, 4) is 5.75 Å². The second kappa shape index (κ2) is 9.84. The fourth-order valence-corrected chi connectivity index (χ4v) is 4.99. The minimum absolute atomic E-state index is 0.0604. The predicted octanol–water partition coefficient (Wildman–Crippen LogP) is 6.26. The van der Waals surface area contributed by atoms with Crippen LogP contribution in [0.3, 0.4) is 0 Å². The molecule has 0 spiro atoms. The number of fused-ring (bicyclic) bond motifs is 1. The standard InChI is InChI=1S/C28H22BrClN2O4/c1-36-21-10-11-23-22(14-21)18(15-31-23)12-13-32-25(16-4-8-20(30)9-5-16)24(27(34)28(32)35)26(33)17-2-6-19(29)7-3-17/h2-11,14-15,25,31,33H,12-13H2,1H3/b26-24-. The number of carbonyl (C=O) groups is 2. The number of aliphatic hydroxyl groups excluding tert-OH is 1. The number of amides is 1. The van der Waals surface area contributed by atoms with E-state index in [1.807, 2.05) is 24.4 Å². The Morgan fingerprint density at radius 2 is 1.81 bits per heavy atom. The average Bonchev–Trinajstić information content (AvgIpc) is 3.40. The molecule has 2 heterocycles. The van der Waals surface area contributed by atoms with Crippen molar-refractivity contribution in [1.82, 2.24) is 9.88 Å². The van der Waals surface area contributed by atoms with Gasteiger partial charge in [0.05, 0.1) is 18.7 Å². The monoisotopic (exact) mass is 564 g/mol. The van der Waals surface area contributed by atoms with Gasteiger partial charge in [-0.05, 0) is 60.0 Å². The maximum Gasteiger partial charge on any atom is 0.295 e. The van der Waals surface area contributed by atoms with Crippen LogP contribution < -0.4 is 4.74 Å². The number of Topliss-reactive ketones (excluding diaryl/α,β-unsaturated/α-hetero) is 1. The number of likely N-dealkylation sites (tertiary alicyclic amines) is 1. The van der Waals surface area contributed by atoms with Crippen molar-refractivity contribution in [3.05, 3.63) is 105 Å². The van der Waals surface area contributed by atoms with E-state index >= 15 is 0 Å². The number of aromatic nitrogens is 1. The highest BCUT2D eigenvalue weighted by molar-refractivity contribution is 9.10. The first-order valence-corrected chi connectivity index (χ1v) is 12.5. The number of nitrogens with zero attached hydrogens (tertiary/aromatic N) is 1. The molecular formula is C28H22BrClN2O4. The highest BCUT2D eigenvalue weighted by Gasteiger charge is 2.45. The summed E-state index contributed by atoms with van der Waals surface area (Å²) in [4.78, 5) is 31.3. The lowest BCUT2D eigenvalue weighted by molar-refractivity contribution is -0.139. The zero-order valence-corrected chi connectivity index (χ0v) is 21.6. The van der Waals surface area contributed by atoms with Gasteiger partial charge in [-0.1, -0.05) is 51.8 Å². The molecule has 8 heteroatoms. The first-order valence-electron chi connectivity index (χ1n) is 11.3. The first-order chi connectivity index (χ1) is 17.4. The fraction of sp³-hybridized carbons (Fsp3) is 0.143. The zero-order chi connectivity index (χ0) is 25.4. The molecule has 1 atom stereocenters. The molecule has 0 radical (unpaired) electrons. The Hall–Kier alpha value is -3.55. The molecule has 2 N–H and O–H groups in total. The van der Waals surface area contributed by atoms with Crippen molar-refractivity contribution in [2.45, 2.75) is 12.5 Å². The molecule has 6 nitrogen and oxygen atoms in total. The molecule has 182 valence electrons. The van der Waals surface area contributed by atoms with Crippen LogP contribution in [0.1, 0.15) is 22.7 Å². The molecule has 0 saturated carbocycles. The van der Waals surface area contributed by atoms with Crippen molar-refractivity contribution >= 4 is 55.9 Å². The largest absolute Gasteiger partial charge is 0.507 e. The van der Waals surface area contributed by atoms with Crippen LogP contribution in [-0.2, 0) is 16.0 Å². The van der Waals surface area contributed by atoms with Gasteiger partial charge in [-0.3, -0.25) is 9.59 Å². The van der Waals surface area contributed by atoms with E-state index in [1.165, 1.54) is 4.90 Å². The van der Waals surface area contributed by atoms with Crippen LogP contribution in [0.4, 0.5) is 0 Å². The van der Waals surface area contributed by atoms with Gasteiger partial charge in [0.1, 0.15) is 11.5 Å². The minimum Gasteiger partial charge on any atom is -0.507 e. The number of ether oxygens (including phenoxy) is 1. The Balaban J connectivity index is 1.55. The minimum atomic E-state index is -0.745. The summed E-state index contributed by atoms with van der Waals surface area (Å²) in [5, 5.41) is 12.7. The summed E-state index contributed by atoms with van der Waals surface area (Å²) >= 11 is 9.48. The molecular weight excluding hydrogens is 544 g/mol. The van der Waals surface area contributed by atoms with Crippen molar-refractivity contribution in [2.24, 2.45) is 0 Å². The van der Waals surface area contributed by atoms with Gasteiger partial charge < -0.3 is 19.7 Å². The molecule has 0 aliphatic carbocycles. The molecule has 1 unspecified atom stereocenters. The molecule has 1 saturated heterocycles. The fourth-order valence-electron chi connectivity index (χ4n) is 4.60. The summed E-state index contributed by atoms with van der Waals surface area (Å²) in [6, 6.07) is 18.9. The van der Waals surface area contributed by atoms with Gasteiger partial charge in [-0.25, -0.2) is 0 Å². The average molecular weight is 566 g/mol. The van der Waals surface area contributed by atoms with Gasteiger partial charge in [0.15, 0.2) is 0 Å². The maximum absolute atomic E-state index is 13.2. The third kappa shape index (κ3) is 4.40. The number of carbonyl (C=O) groups excluding carboxylic acids is 2. The lowest BCUT2D eigenvalue weighted by Crippen LogP contribution is -2.31. The van der Waals surface area contributed by atoms with Crippen molar-refractivity contribution in [1.29, 1.82) is 0 Å². The topological polar surface area (TPSA) is 82.6 Å². The lowest BCUT2D eigenvalue weighted by Gasteiger charge is -2.25. The van der Waals surface area contributed by atoms with Gasteiger partial charge >= 0.3 is 0 Å². The van der Waals surface area contributed by atoms with E-state index in [2.05, 4.69) is 20.9 Å². The molecule has 5 rings (SSSR count). The van der Waals surface area contributed by atoms with E-state index < -0.39 is 17.7 Å². The zero-order valence-electron chi connectivity index (χ0n) is 19.3. The van der Waals surface area contributed by atoms with E-state index in [4.69, 9.17) is 16.3 Å². The van der Waals surface area contributed by atoms with Crippen molar-refractivity contribution in [2.75, 3.05) is 13.7 Å². The van der Waals surface area contributed by atoms with Crippen LogP contribution in [0.25, 0.3) is 16.7 Å². The molecule has 1 aliphatic rings. The number of rotatable bonds is 6. The van der Waals surface area contributed by atoms with Gasteiger partial charge in [0.25, 0.3) is 11.7 Å². The second-order valence-electron chi connectivity index (χ2n) is 8.53. The van der Waals surface area contributed by atoms with E-state index in [0.717, 1.165) is 26.7 Å². The Morgan fingerprint density at radius 1 is 1.08 bits per heavy atom. The number of hydrogen-bond donors (Lipinski definition) is 2. The van der Waals surface area contributed by atoms with Gasteiger partial charge in [-0.15, -0.1) is 0 Å². The number of benzene rings is 3. The first kappa shape index (κ1) is 24.2. The molecule has 36 heavy (non-hydrogen) atoms. The molecule has 4 aromatic rings. The number of aromatic amines is 1. The van der Waals surface area contributed by atoms with Crippen LogP contribution in [-0.4, -0.2) is 40.3 Å². The molecule has 1 aliphatic heterocycles. The summed E-state index contributed by atoms with van der Waals surface area (Å²) in [5.74, 6) is -0.832.